The van der Waals surface area contributed by atoms with Crippen molar-refractivity contribution in [1.29, 1.82) is 0 Å². The van der Waals surface area contributed by atoms with Crippen molar-refractivity contribution in [2.24, 2.45) is 0 Å². The summed E-state index contributed by atoms with van der Waals surface area (Å²) in [6, 6.07) is 5.97. The van der Waals surface area contributed by atoms with Gasteiger partial charge < -0.3 is 9.30 Å². The number of nitrogens with zero attached hydrogens (tertiary/aromatic N) is 2. The van der Waals surface area contributed by atoms with E-state index < -0.39 is 6.36 Å². The van der Waals surface area contributed by atoms with Crippen molar-refractivity contribution in [2.75, 3.05) is 0 Å². The monoisotopic (exact) mass is 270 g/mol. The SMILES string of the molecule is CC(C)n1cncc1-c1ccc(OC(F)(F)F)cc1. The summed E-state index contributed by atoms with van der Waals surface area (Å²) in [6.45, 7) is 4.01. The van der Waals surface area contributed by atoms with Crippen LogP contribution in [0.1, 0.15) is 19.9 Å². The maximum Gasteiger partial charge on any atom is 0.573 e. The van der Waals surface area contributed by atoms with Crippen molar-refractivity contribution in [3.63, 3.8) is 0 Å². The van der Waals surface area contributed by atoms with Crippen LogP contribution < -0.4 is 4.74 Å². The van der Waals surface area contributed by atoms with E-state index in [4.69, 9.17) is 0 Å². The zero-order chi connectivity index (χ0) is 14.0. The number of hydrogen-bond donors (Lipinski definition) is 0. The van der Waals surface area contributed by atoms with Gasteiger partial charge in [-0.1, -0.05) is 0 Å². The molecule has 2 aromatic rings. The van der Waals surface area contributed by atoms with Gasteiger partial charge in [0.05, 0.1) is 18.2 Å². The summed E-state index contributed by atoms with van der Waals surface area (Å²) >= 11 is 0. The molecule has 1 aromatic carbocycles. The zero-order valence-corrected chi connectivity index (χ0v) is 10.5. The molecule has 0 N–H and O–H groups in total. The summed E-state index contributed by atoms with van der Waals surface area (Å²) in [4.78, 5) is 4.05. The van der Waals surface area contributed by atoms with Gasteiger partial charge in [0, 0.05) is 11.6 Å². The second-order valence-corrected chi connectivity index (χ2v) is 4.35. The molecule has 102 valence electrons. The lowest BCUT2D eigenvalue weighted by Gasteiger charge is -2.12. The molecule has 1 aromatic heterocycles. The van der Waals surface area contributed by atoms with Gasteiger partial charge in [-0.2, -0.15) is 0 Å². The third-order valence-electron chi connectivity index (χ3n) is 2.61. The van der Waals surface area contributed by atoms with Gasteiger partial charge in [-0.3, -0.25) is 0 Å². The molecule has 3 nitrogen and oxygen atoms in total. The lowest BCUT2D eigenvalue weighted by atomic mass is 10.1. The average molecular weight is 270 g/mol. The molecule has 6 heteroatoms. The van der Waals surface area contributed by atoms with Crippen LogP contribution in [-0.4, -0.2) is 15.9 Å². The number of halogens is 3. The second kappa shape index (κ2) is 4.95. The predicted octanol–water partition coefficient (Wildman–Crippen LogP) is 4.03. The van der Waals surface area contributed by atoms with Crippen molar-refractivity contribution in [3.05, 3.63) is 36.8 Å². The lowest BCUT2D eigenvalue weighted by Crippen LogP contribution is -2.16. The minimum absolute atomic E-state index is 0.226. The van der Waals surface area contributed by atoms with Gasteiger partial charge in [-0.25, -0.2) is 4.98 Å². The van der Waals surface area contributed by atoms with Crippen LogP contribution in [-0.2, 0) is 0 Å². The maximum absolute atomic E-state index is 12.0. The number of alkyl halides is 3. The Kier molecular flexibility index (Phi) is 3.50. The first-order valence-corrected chi connectivity index (χ1v) is 5.75. The Balaban J connectivity index is 2.25. The Morgan fingerprint density at radius 3 is 2.32 bits per heavy atom. The smallest absolute Gasteiger partial charge is 0.406 e. The van der Waals surface area contributed by atoms with Gasteiger partial charge in [0.1, 0.15) is 5.75 Å². The minimum Gasteiger partial charge on any atom is -0.406 e. The molecular formula is C13H13F3N2O. The van der Waals surface area contributed by atoms with E-state index >= 15 is 0 Å². The van der Waals surface area contributed by atoms with Gasteiger partial charge in [-0.15, -0.1) is 13.2 Å². The molecule has 0 aliphatic heterocycles. The van der Waals surface area contributed by atoms with Crippen LogP contribution in [0.25, 0.3) is 11.3 Å². The molecule has 0 saturated heterocycles. The number of ether oxygens (including phenoxy) is 1. The quantitative estimate of drug-likeness (QED) is 0.842. The number of hydrogen-bond acceptors (Lipinski definition) is 2. The largest absolute Gasteiger partial charge is 0.573 e. The van der Waals surface area contributed by atoms with E-state index in [1.807, 2.05) is 18.4 Å². The topological polar surface area (TPSA) is 27.1 Å². The fourth-order valence-corrected chi connectivity index (χ4v) is 1.77. The molecule has 0 saturated carbocycles. The number of rotatable bonds is 3. The van der Waals surface area contributed by atoms with E-state index in [2.05, 4.69) is 9.72 Å². The summed E-state index contributed by atoms with van der Waals surface area (Å²) in [7, 11) is 0. The van der Waals surface area contributed by atoms with E-state index in [1.54, 1.807) is 24.7 Å². The summed E-state index contributed by atoms with van der Waals surface area (Å²) in [6.07, 6.45) is -1.29. The van der Waals surface area contributed by atoms with Gasteiger partial charge in [0.15, 0.2) is 0 Å². The summed E-state index contributed by atoms with van der Waals surface area (Å²) in [5.41, 5.74) is 1.65. The van der Waals surface area contributed by atoms with E-state index in [0.717, 1.165) is 11.3 Å². The molecule has 0 amide bonds. The average Bonchev–Trinajstić information content (AvgIpc) is 2.76. The normalized spacial score (nSPS) is 11.9. The Morgan fingerprint density at radius 2 is 1.79 bits per heavy atom. The molecule has 0 atom stereocenters. The highest BCUT2D eigenvalue weighted by Crippen LogP contribution is 2.27. The van der Waals surface area contributed by atoms with Crippen LogP contribution in [0.3, 0.4) is 0 Å². The molecule has 0 unspecified atom stereocenters. The highest BCUT2D eigenvalue weighted by Gasteiger charge is 2.30. The Bertz CT molecular complexity index is 544. The molecule has 2 rings (SSSR count). The molecule has 0 bridgehead atoms. The van der Waals surface area contributed by atoms with Crippen molar-refractivity contribution in [3.8, 4) is 17.0 Å². The van der Waals surface area contributed by atoms with Crippen LogP contribution >= 0.6 is 0 Å². The van der Waals surface area contributed by atoms with Crippen molar-refractivity contribution < 1.29 is 17.9 Å². The van der Waals surface area contributed by atoms with E-state index in [0.29, 0.717) is 0 Å². The molecule has 1 heterocycles. The van der Waals surface area contributed by atoms with E-state index in [1.165, 1.54) is 12.1 Å². The third kappa shape index (κ3) is 3.27. The highest BCUT2D eigenvalue weighted by molar-refractivity contribution is 5.60. The first-order chi connectivity index (χ1) is 8.87. The molecule has 0 aliphatic rings. The number of benzene rings is 1. The molecular weight excluding hydrogens is 257 g/mol. The number of imidazole rings is 1. The van der Waals surface area contributed by atoms with Gasteiger partial charge in [0.2, 0.25) is 0 Å². The van der Waals surface area contributed by atoms with Crippen molar-refractivity contribution in [2.45, 2.75) is 26.3 Å². The van der Waals surface area contributed by atoms with Gasteiger partial charge >= 0.3 is 6.36 Å². The first kappa shape index (κ1) is 13.5. The van der Waals surface area contributed by atoms with Crippen LogP contribution in [0.15, 0.2) is 36.8 Å². The molecule has 0 spiro atoms. The van der Waals surface area contributed by atoms with Crippen molar-refractivity contribution in [1.82, 2.24) is 9.55 Å². The van der Waals surface area contributed by atoms with E-state index in [-0.39, 0.29) is 11.8 Å². The van der Waals surface area contributed by atoms with Crippen LogP contribution in [0.4, 0.5) is 13.2 Å². The van der Waals surface area contributed by atoms with Crippen LogP contribution in [0.5, 0.6) is 5.75 Å². The standard InChI is InChI=1S/C13H13F3N2O/c1-9(2)18-8-17-7-12(18)10-3-5-11(6-4-10)19-13(14,15)16/h3-9H,1-2H3. The summed E-state index contributed by atoms with van der Waals surface area (Å²) in [5.74, 6) is -0.230. The highest BCUT2D eigenvalue weighted by atomic mass is 19.4. The lowest BCUT2D eigenvalue weighted by molar-refractivity contribution is -0.274. The predicted molar refractivity (Wildman–Crippen MR) is 64.7 cm³/mol. The zero-order valence-electron chi connectivity index (χ0n) is 10.5. The van der Waals surface area contributed by atoms with Crippen LogP contribution in [0, 0.1) is 0 Å². The number of aromatic nitrogens is 2. The van der Waals surface area contributed by atoms with Gasteiger partial charge in [0.25, 0.3) is 0 Å². The maximum atomic E-state index is 12.0. The van der Waals surface area contributed by atoms with Crippen LogP contribution in [0.2, 0.25) is 0 Å². The van der Waals surface area contributed by atoms with Gasteiger partial charge in [-0.05, 0) is 38.1 Å². The second-order valence-electron chi connectivity index (χ2n) is 4.35. The molecule has 0 fully saturated rings. The van der Waals surface area contributed by atoms with E-state index in [9.17, 15) is 13.2 Å². The minimum atomic E-state index is -4.67. The Morgan fingerprint density at radius 1 is 1.16 bits per heavy atom. The summed E-state index contributed by atoms with van der Waals surface area (Å²) < 4.78 is 41.9. The molecule has 19 heavy (non-hydrogen) atoms. The Hall–Kier alpha value is -1.98. The third-order valence-corrected chi connectivity index (χ3v) is 2.61. The molecule has 0 radical (unpaired) electrons. The fraction of sp³-hybridized carbons (Fsp3) is 0.308. The molecule has 0 aliphatic carbocycles. The fourth-order valence-electron chi connectivity index (χ4n) is 1.77. The summed E-state index contributed by atoms with van der Waals surface area (Å²) in [5, 5.41) is 0. The Labute approximate surface area is 108 Å². The van der Waals surface area contributed by atoms with Crippen molar-refractivity contribution >= 4 is 0 Å². The first-order valence-electron chi connectivity index (χ1n) is 5.75.